The van der Waals surface area contributed by atoms with Gasteiger partial charge in [0.25, 0.3) is 0 Å². The lowest BCUT2D eigenvalue weighted by molar-refractivity contribution is -0.292. The summed E-state index contributed by atoms with van der Waals surface area (Å²) in [4.78, 5) is 25.1. The SMILES string of the molecule is CC(C)(O)[C@@H]1CC=C(C(=O)O[C@@H]2O[C@H](COC(=O)C3=CC[C@H](C(C)(C)O)CC3)[C@@H](O)[C@H](O)[C@H]2O)CC1. The number of esters is 2. The summed E-state index contributed by atoms with van der Waals surface area (Å²) < 4.78 is 16.1. The van der Waals surface area contributed by atoms with E-state index >= 15 is 0 Å². The average Bonchev–Trinajstić information content (AvgIpc) is 2.82. The standard InChI is InChI=1S/C26H40O10/c1-25(2,32)16-9-5-14(6-10-16)22(30)34-13-18-19(27)20(28)21(29)24(35-18)36-23(31)15-7-11-17(12-8-15)26(3,4)33/h5,7,16-21,24,27-29,32-33H,6,8-13H2,1-4H3/t16-,17+,18+,19+,20-,21+,24-/m0/s1. The van der Waals surface area contributed by atoms with Gasteiger partial charge in [0.2, 0.25) is 6.29 Å². The molecular weight excluding hydrogens is 472 g/mol. The first-order chi connectivity index (χ1) is 16.7. The van der Waals surface area contributed by atoms with Crippen LogP contribution in [0.1, 0.15) is 66.2 Å². The minimum absolute atomic E-state index is 0.00176. The molecule has 36 heavy (non-hydrogen) atoms. The molecule has 1 fully saturated rings. The molecule has 0 radical (unpaired) electrons. The molecule has 3 rings (SSSR count). The van der Waals surface area contributed by atoms with Crippen LogP contribution in [-0.4, -0.2) is 86.0 Å². The van der Waals surface area contributed by atoms with Gasteiger partial charge in [-0.15, -0.1) is 0 Å². The minimum atomic E-state index is -1.69. The first-order valence-electron chi connectivity index (χ1n) is 12.6. The van der Waals surface area contributed by atoms with Gasteiger partial charge in [0, 0.05) is 11.1 Å². The summed E-state index contributed by atoms with van der Waals surface area (Å²) in [6.07, 6.45) is -1.24. The monoisotopic (exact) mass is 512 g/mol. The maximum atomic E-state index is 12.6. The van der Waals surface area contributed by atoms with Crippen LogP contribution >= 0.6 is 0 Å². The third kappa shape index (κ3) is 6.93. The number of aliphatic hydroxyl groups excluding tert-OH is 3. The number of hydrogen-bond acceptors (Lipinski definition) is 10. The van der Waals surface area contributed by atoms with E-state index < -0.39 is 60.5 Å². The van der Waals surface area contributed by atoms with Crippen LogP contribution in [0, 0.1) is 11.8 Å². The lowest BCUT2D eigenvalue weighted by Crippen LogP contribution is -2.59. The second-order valence-electron chi connectivity index (χ2n) is 11.2. The summed E-state index contributed by atoms with van der Waals surface area (Å²) in [7, 11) is 0. The van der Waals surface area contributed by atoms with E-state index in [1.165, 1.54) is 0 Å². The van der Waals surface area contributed by atoms with E-state index in [1.807, 2.05) is 0 Å². The number of carbonyl (C=O) groups is 2. The van der Waals surface area contributed by atoms with Crippen molar-refractivity contribution in [3.8, 4) is 0 Å². The highest BCUT2D eigenvalue weighted by Gasteiger charge is 2.46. The predicted octanol–water partition coefficient (Wildman–Crippen LogP) is 0.875. The lowest BCUT2D eigenvalue weighted by atomic mass is 9.79. The van der Waals surface area contributed by atoms with E-state index in [9.17, 15) is 35.1 Å². The van der Waals surface area contributed by atoms with E-state index in [1.54, 1.807) is 39.8 Å². The van der Waals surface area contributed by atoms with Crippen LogP contribution in [0.25, 0.3) is 0 Å². The van der Waals surface area contributed by atoms with Gasteiger partial charge in [-0.05, 0) is 78.1 Å². The molecule has 0 saturated carbocycles. The molecule has 0 bridgehead atoms. The summed E-state index contributed by atoms with van der Waals surface area (Å²) in [5, 5.41) is 51.2. The van der Waals surface area contributed by atoms with Gasteiger partial charge in [-0.1, -0.05) is 12.2 Å². The zero-order chi connectivity index (χ0) is 26.8. The molecule has 0 aromatic carbocycles. The van der Waals surface area contributed by atoms with Crippen molar-refractivity contribution in [3.63, 3.8) is 0 Å². The molecule has 5 N–H and O–H groups in total. The van der Waals surface area contributed by atoms with Crippen molar-refractivity contribution < 1.29 is 49.3 Å². The first-order valence-corrected chi connectivity index (χ1v) is 12.6. The number of hydrogen-bond donors (Lipinski definition) is 5. The van der Waals surface area contributed by atoms with Crippen molar-refractivity contribution in [2.75, 3.05) is 6.61 Å². The van der Waals surface area contributed by atoms with Crippen molar-refractivity contribution in [2.24, 2.45) is 11.8 Å². The summed E-state index contributed by atoms with van der Waals surface area (Å²) in [5.41, 5.74) is -0.883. The quantitative estimate of drug-likeness (QED) is 0.309. The van der Waals surface area contributed by atoms with Gasteiger partial charge in [0.15, 0.2) is 0 Å². The second kappa shape index (κ2) is 11.3. The molecule has 0 spiro atoms. The molecule has 10 heteroatoms. The molecule has 2 aliphatic carbocycles. The number of rotatable bonds is 7. The minimum Gasteiger partial charge on any atom is -0.459 e. The Morgan fingerprint density at radius 3 is 1.81 bits per heavy atom. The molecule has 10 nitrogen and oxygen atoms in total. The number of carbonyl (C=O) groups excluding carboxylic acids is 2. The van der Waals surface area contributed by atoms with Crippen molar-refractivity contribution in [1.82, 2.24) is 0 Å². The van der Waals surface area contributed by atoms with E-state index in [0.29, 0.717) is 49.7 Å². The second-order valence-corrected chi connectivity index (χ2v) is 11.2. The fourth-order valence-corrected chi connectivity index (χ4v) is 4.91. The molecule has 204 valence electrons. The van der Waals surface area contributed by atoms with Gasteiger partial charge in [-0.2, -0.15) is 0 Å². The molecule has 0 unspecified atom stereocenters. The Balaban J connectivity index is 1.56. The van der Waals surface area contributed by atoms with Crippen LogP contribution in [0.5, 0.6) is 0 Å². The summed E-state index contributed by atoms with van der Waals surface area (Å²) in [5.74, 6) is -1.28. The summed E-state index contributed by atoms with van der Waals surface area (Å²) >= 11 is 0. The van der Waals surface area contributed by atoms with Crippen LogP contribution in [0.3, 0.4) is 0 Å². The highest BCUT2D eigenvalue weighted by atomic mass is 16.7. The van der Waals surface area contributed by atoms with E-state index in [0.717, 1.165) is 0 Å². The summed E-state index contributed by atoms with van der Waals surface area (Å²) in [6, 6.07) is 0. The fraction of sp³-hybridized carbons (Fsp3) is 0.769. The van der Waals surface area contributed by atoms with Gasteiger partial charge in [0.05, 0.1) is 11.2 Å². The van der Waals surface area contributed by atoms with Crippen LogP contribution in [0.15, 0.2) is 23.3 Å². The molecule has 1 saturated heterocycles. The van der Waals surface area contributed by atoms with Gasteiger partial charge < -0.3 is 39.7 Å². The number of aliphatic hydroxyl groups is 5. The zero-order valence-corrected chi connectivity index (χ0v) is 21.4. The normalized spacial score (nSPS) is 33.9. The molecule has 3 aliphatic rings. The number of ether oxygens (including phenoxy) is 3. The van der Waals surface area contributed by atoms with Crippen molar-refractivity contribution in [2.45, 2.75) is 108 Å². The maximum absolute atomic E-state index is 12.6. The van der Waals surface area contributed by atoms with Crippen molar-refractivity contribution >= 4 is 11.9 Å². The third-order valence-electron chi connectivity index (χ3n) is 7.61. The Kier molecular flexibility index (Phi) is 9.01. The van der Waals surface area contributed by atoms with Gasteiger partial charge in [-0.25, -0.2) is 9.59 Å². The third-order valence-corrected chi connectivity index (χ3v) is 7.61. The maximum Gasteiger partial charge on any atom is 0.336 e. The predicted molar refractivity (Wildman–Crippen MR) is 127 cm³/mol. The Morgan fingerprint density at radius 2 is 1.36 bits per heavy atom. The van der Waals surface area contributed by atoms with Crippen LogP contribution < -0.4 is 0 Å². The van der Waals surface area contributed by atoms with Gasteiger partial charge in [0.1, 0.15) is 31.0 Å². The van der Waals surface area contributed by atoms with Crippen LogP contribution in [0.2, 0.25) is 0 Å². The van der Waals surface area contributed by atoms with Crippen LogP contribution in [0.4, 0.5) is 0 Å². The largest absolute Gasteiger partial charge is 0.459 e. The van der Waals surface area contributed by atoms with Crippen LogP contribution in [-0.2, 0) is 23.8 Å². The highest BCUT2D eigenvalue weighted by molar-refractivity contribution is 5.89. The molecule has 7 atom stereocenters. The van der Waals surface area contributed by atoms with Crippen molar-refractivity contribution in [3.05, 3.63) is 23.3 Å². The van der Waals surface area contributed by atoms with Gasteiger partial charge >= 0.3 is 11.9 Å². The molecule has 1 heterocycles. The lowest BCUT2D eigenvalue weighted by Gasteiger charge is -2.39. The van der Waals surface area contributed by atoms with E-state index in [2.05, 4.69) is 0 Å². The smallest absolute Gasteiger partial charge is 0.336 e. The highest BCUT2D eigenvalue weighted by Crippen LogP contribution is 2.34. The zero-order valence-electron chi connectivity index (χ0n) is 21.4. The molecular formula is C26H40O10. The van der Waals surface area contributed by atoms with Gasteiger partial charge in [-0.3, -0.25) is 0 Å². The van der Waals surface area contributed by atoms with Crippen molar-refractivity contribution in [1.29, 1.82) is 0 Å². The van der Waals surface area contributed by atoms with E-state index in [4.69, 9.17) is 14.2 Å². The fourth-order valence-electron chi connectivity index (χ4n) is 4.91. The molecule has 0 aromatic rings. The molecule has 0 amide bonds. The Bertz CT molecular complexity index is 863. The molecule has 0 aromatic heterocycles. The molecule has 1 aliphatic heterocycles. The van der Waals surface area contributed by atoms with E-state index in [-0.39, 0.29) is 11.8 Å². The number of allylic oxidation sites excluding steroid dienone is 2. The Hall–Kier alpha value is -1.82. The Morgan fingerprint density at radius 1 is 0.861 bits per heavy atom. The topological polar surface area (TPSA) is 163 Å². The Labute approximate surface area is 211 Å². The average molecular weight is 513 g/mol. The summed E-state index contributed by atoms with van der Waals surface area (Å²) in [6.45, 7) is 6.49. The first kappa shape index (κ1) is 28.7.